The van der Waals surface area contributed by atoms with E-state index in [2.05, 4.69) is 10.2 Å². The molecule has 0 amide bonds. The number of rotatable bonds is 2. The first-order valence-corrected chi connectivity index (χ1v) is 5.58. The number of nitrogens with one attached hydrogen (secondary N) is 1. The van der Waals surface area contributed by atoms with Crippen LogP contribution in [0.1, 0.15) is 18.5 Å². The first-order valence-electron chi connectivity index (χ1n) is 5.58. The molecule has 1 aromatic rings. The molecule has 0 aromatic heterocycles. The van der Waals surface area contributed by atoms with Gasteiger partial charge in [-0.15, -0.1) is 12.4 Å². The van der Waals surface area contributed by atoms with E-state index >= 15 is 0 Å². The Balaban J connectivity index is 0.00000144. The fraction of sp³-hybridized carbons (Fsp3) is 0.500. The normalized spacial score (nSPS) is 18.5. The molecule has 2 nitrogen and oxygen atoms in total. The summed E-state index contributed by atoms with van der Waals surface area (Å²) < 4.78 is 25.9. The predicted octanol–water partition coefficient (Wildman–Crippen LogP) is 2.35. The number of hydrogen-bond acceptors (Lipinski definition) is 2. The molecular formula is C12H17ClF2N2. The Morgan fingerprint density at radius 1 is 1.18 bits per heavy atom. The molecule has 1 saturated heterocycles. The molecule has 1 heterocycles. The maximum atomic E-state index is 13.1. The topological polar surface area (TPSA) is 15.3 Å². The number of nitrogens with zero attached hydrogens (tertiary/aromatic N) is 1. The molecule has 0 saturated carbocycles. The van der Waals surface area contributed by atoms with Crippen molar-refractivity contribution in [2.75, 3.05) is 26.2 Å². The monoisotopic (exact) mass is 262 g/mol. The van der Waals surface area contributed by atoms with Crippen LogP contribution in [0.15, 0.2) is 18.2 Å². The van der Waals surface area contributed by atoms with Crippen LogP contribution >= 0.6 is 12.4 Å². The number of piperazine rings is 1. The van der Waals surface area contributed by atoms with E-state index < -0.39 is 11.6 Å². The lowest BCUT2D eigenvalue weighted by atomic mass is 10.1. The van der Waals surface area contributed by atoms with Gasteiger partial charge in [0.2, 0.25) is 0 Å². The summed E-state index contributed by atoms with van der Waals surface area (Å²) in [5.74, 6) is -1.55. The molecule has 1 N–H and O–H groups in total. The molecule has 5 heteroatoms. The molecule has 2 rings (SSSR count). The van der Waals surface area contributed by atoms with Gasteiger partial charge in [0.05, 0.1) is 0 Å². The fourth-order valence-electron chi connectivity index (χ4n) is 2.05. The first kappa shape index (κ1) is 14.4. The SMILES string of the molecule is C[C@@H](c1ccc(F)c(F)c1)N1CCNCC1.Cl. The summed E-state index contributed by atoms with van der Waals surface area (Å²) in [7, 11) is 0. The average molecular weight is 263 g/mol. The summed E-state index contributed by atoms with van der Waals surface area (Å²) in [6, 6.07) is 4.29. The van der Waals surface area contributed by atoms with E-state index in [1.54, 1.807) is 6.07 Å². The Morgan fingerprint density at radius 3 is 2.41 bits per heavy atom. The highest BCUT2D eigenvalue weighted by Gasteiger charge is 2.18. The highest BCUT2D eigenvalue weighted by Crippen LogP contribution is 2.22. The largest absolute Gasteiger partial charge is 0.314 e. The zero-order valence-electron chi connectivity index (χ0n) is 9.75. The predicted molar refractivity (Wildman–Crippen MR) is 66.5 cm³/mol. The molecule has 17 heavy (non-hydrogen) atoms. The third-order valence-corrected chi connectivity index (χ3v) is 3.13. The van der Waals surface area contributed by atoms with Crippen molar-refractivity contribution in [1.29, 1.82) is 0 Å². The first-order chi connectivity index (χ1) is 7.68. The summed E-state index contributed by atoms with van der Waals surface area (Å²) in [6.07, 6.45) is 0. The maximum Gasteiger partial charge on any atom is 0.159 e. The van der Waals surface area contributed by atoms with Gasteiger partial charge in [-0.2, -0.15) is 0 Å². The van der Waals surface area contributed by atoms with E-state index in [4.69, 9.17) is 0 Å². The molecule has 1 aromatic carbocycles. The highest BCUT2D eigenvalue weighted by molar-refractivity contribution is 5.85. The Hall–Kier alpha value is -0.710. The molecule has 0 spiro atoms. The summed E-state index contributed by atoms with van der Waals surface area (Å²) >= 11 is 0. The van der Waals surface area contributed by atoms with Gasteiger partial charge < -0.3 is 5.32 Å². The van der Waals surface area contributed by atoms with Crippen molar-refractivity contribution in [3.8, 4) is 0 Å². The average Bonchev–Trinajstić information content (AvgIpc) is 2.33. The Bertz CT molecular complexity index is 368. The molecule has 0 radical (unpaired) electrons. The van der Waals surface area contributed by atoms with E-state index in [-0.39, 0.29) is 18.4 Å². The molecule has 0 bridgehead atoms. The summed E-state index contributed by atoms with van der Waals surface area (Å²) in [5.41, 5.74) is 0.834. The van der Waals surface area contributed by atoms with Crippen LogP contribution in [0.4, 0.5) is 8.78 Å². The lowest BCUT2D eigenvalue weighted by molar-refractivity contribution is 0.185. The quantitative estimate of drug-likeness (QED) is 0.880. The van der Waals surface area contributed by atoms with Gasteiger partial charge >= 0.3 is 0 Å². The van der Waals surface area contributed by atoms with Gasteiger partial charge in [-0.3, -0.25) is 4.90 Å². The van der Waals surface area contributed by atoms with Gasteiger partial charge in [0.15, 0.2) is 11.6 Å². The van der Waals surface area contributed by atoms with E-state index in [1.807, 2.05) is 6.92 Å². The van der Waals surface area contributed by atoms with E-state index in [1.165, 1.54) is 12.1 Å². The number of hydrogen-bond donors (Lipinski definition) is 1. The summed E-state index contributed by atoms with van der Waals surface area (Å²) in [5, 5.41) is 3.27. The molecule has 1 aliphatic heterocycles. The minimum absolute atomic E-state index is 0. The standard InChI is InChI=1S/C12H16F2N2.ClH/c1-9(16-6-4-15-5-7-16)10-2-3-11(13)12(14)8-10;/h2-3,8-9,15H,4-7H2,1H3;1H/t9-;/m0./s1. The van der Waals surface area contributed by atoms with E-state index in [0.717, 1.165) is 31.7 Å². The molecule has 1 fully saturated rings. The van der Waals surface area contributed by atoms with Crippen molar-refractivity contribution in [2.45, 2.75) is 13.0 Å². The van der Waals surface area contributed by atoms with Gasteiger partial charge in [0, 0.05) is 32.2 Å². The fourth-order valence-corrected chi connectivity index (χ4v) is 2.05. The Labute approximate surface area is 106 Å². The molecule has 0 unspecified atom stereocenters. The number of benzene rings is 1. The summed E-state index contributed by atoms with van der Waals surface area (Å²) in [6.45, 7) is 5.82. The van der Waals surface area contributed by atoms with Gasteiger partial charge in [-0.1, -0.05) is 6.07 Å². The van der Waals surface area contributed by atoms with Gasteiger partial charge in [0.25, 0.3) is 0 Å². The van der Waals surface area contributed by atoms with Crippen LogP contribution in [0.2, 0.25) is 0 Å². The van der Waals surface area contributed by atoms with Crippen LogP contribution < -0.4 is 5.32 Å². The lowest BCUT2D eigenvalue weighted by Gasteiger charge is -2.33. The molecular weight excluding hydrogens is 246 g/mol. The van der Waals surface area contributed by atoms with Crippen LogP contribution in [-0.4, -0.2) is 31.1 Å². The highest BCUT2D eigenvalue weighted by atomic mass is 35.5. The second-order valence-corrected chi connectivity index (χ2v) is 4.14. The van der Waals surface area contributed by atoms with Gasteiger partial charge in [0.1, 0.15) is 0 Å². The van der Waals surface area contributed by atoms with Gasteiger partial charge in [-0.25, -0.2) is 8.78 Å². The van der Waals surface area contributed by atoms with Crippen LogP contribution in [0.25, 0.3) is 0 Å². The second-order valence-electron chi connectivity index (χ2n) is 4.14. The molecule has 0 aliphatic carbocycles. The van der Waals surface area contributed by atoms with Crippen molar-refractivity contribution in [3.05, 3.63) is 35.4 Å². The van der Waals surface area contributed by atoms with Crippen molar-refractivity contribution in [3.63, 3.8) is 0 Å². The smallest absolute Gasteiger partial charge is 0.159 e. The minimum Gasteiger partial charge on any atom is -0.314 e. The van der Waals surface area contributed by atoms with Crippen LogP contribution in [-0.2, 0) is 0 Å². The van der Waals surface area contributed by atoms with Crippen LogP contribution in [0.3, 0.4) is 0 Å². The minimum atomic E-state index is -0.781. The second kappa shape index (κ2) is 6.28. The number of halogens is 3. The third kappa shape index (κ3) is 3.37. The van der Waals surface area contributed by atoms with Crippen molar-refractivity contribution in [1.82, 2.24) is 10.2 Å². The van der Waals surface area contributed by atoms with Crippen LogP contribution in [0.5, 0.6) is 0 Å². The molecule has 96 valence electrons. The van der Waals surface area contributed by atoms with Crippen molar-refractivity contribution >= 4 is 12.4 Å². The third-order valence-electron chi connectivity index (χ3n) is 3.13. The molecule has 1 atom stereocenters. The Kier molecular flexibility index (Phi) is 5.31. The lowest BCUT2D eigenvalue weighted by Crippen LogP contribution is -2.44. The van der Waals surface area contributed by atoms with Crippen molar-refractivity contribution < 1.29 is 8.78 Å². The molecule has 1 aliphatic rings. The van der Waals surface area contributed by atoms with E-state index in [9.17, 15) is 8.78 Å². The van der Waals surface area contributed by atoms with Crippen molar-refractivity contribution in [2.24, 2.45) is 0 Å². The zero-order chi connectivity index (χ0) is 11.5. The summed E-state index contributed by atoms with van der Waals surface area (Å²) in [4.78, 5) is 2.27. The van der Waals surface area contributed by atoms with E-state index in [0.29, 0.717) is 0 Å². The Morgan fingerprint density at radius 2 is 1.82 bits per heavy atom. The van der Waals surface area contributed by atoms with Gasteiger partial charge in [-0.05, 0) is 24.6 Å². The maximum absolute atomic E-state index is 13.1. The zero-order valence-corrected chi connectivity index (χ0v) is 10.6. The van der Waals surface area contributed by atoms with Crippen LogP contribution in [0, 0.1) is 11.6 Å².